The van der Waals surface area contributed by atoms with Crippen LogP contribution in [0, 0.1) is 0 Å². The number of rotatable bonds is 11. The summed E-state index contributed by atoms with van der Waals surface area (Å²) in [5.74, 6) is -0.260. The molecule has 0 saturated heterocycles. The van der Waals surface area contributed by atoms with E-state index in [4.69, 9.17) is 10.5 Å². The van der Waals surface area contributed by atoms with E-state index in [2.05, 4.69) is 17.1 Å². The van der Waals surface area contributed by atoms with Gasteiger partial charge in [0, 0.05) is 20.3 Å². The monoisotopic (exact) mass is 245 g/mol. The number of hydrogen-bond donors (Lipinski definition) is 2. The molecule has 17 heavy (non-hydrogen) atoms. The number of methoxy groups -OCH3 is 1. The van der Waals surface area contributed by atoms with Gasteiger partial charge in [0.2, 0.25) is 5.91 Å². The number of amides is 1. The molecule has 0 fully saturated rings. The van der Waals surface area contributed by atoms with E-state index in [-0.39, 0.29) is 11.9 Å². The van der Waals surface area contributed by atoms with E-state index in [0.717, 1.165) is 45.5 Å². The highest BCUT2D eigenvalue weighted by molar-refractivity contribution is 5.79. The molecule has 0 aliphatic heterocycles. The lowest BCUT2D eigenvalue weighted by molar-refractivity contribution is -0.120. The van der Waals surface area contributed by atoms with Gasteiger partial charge in [-0.05, 0) is 39.4 Å². The molecule has 0 aromatic heterocycles. The molecule has 0 aliphatic rings. The largest absolute Gasteiger partial charge is 0.385 e. The Hall–Kier alpha value is -0.650. The van der Waals surface area contributed by atoms with E-state index in [1.54, 1.807) is 7.11 Å². The van der Waals surface area contributed by atoms with Gasteiger partial charge < -0.3 is 20.7 Å². The summed E-state index contributed by atoms with van der Waals surface area (Å²) in [5.41, 5.74) is 5.35. The van der Waals surface area contributed by atoms with Gasteiger partial charge >= 0.3 is 0 Å². The molecule has 0 aromatic rings. The molecule has 0 saturated carbocycles. The first-order valence-corrected chi connectivity index (χ1v) is 6.32. The van der Waals surface area contributed by atoms with Crippen LogP contribution in [-0.2, 0) is 9.53 Å². The van der Waals surface area contributed by atoms with Crippen molar-refractivity contribution in [3.05, 3.63) is 0 Å². The zero-order valence-corrected chi connectivity index (χ0v) is 11.4. The van der Waals surface area contributed by atoms with Crippen molar-refractivity contribution in [2.75, 3.05) is 40.4 Å². The number of nitrogens with two attached hydrogens (primary N) is 1. The summed E-state index contributed by atoms with van der Waals surface area (Å²) < 4.78 is 5.00. The van der Waals surface area contributed by atoms with Crippen molar-refractivity contribution in [3.63, 3.8) is 0 Å². The van der Waals surface area contributed by atoms with Crippen LogP contribution in [0.1, 0.15) is 26.2 Å². The molecule has 5 nitrogen and oxygen atoms in total. The summed E-state index contributed by atoms with van der Waals surface area (Å²) in [5, 5.41) is 3.17. The highest BCUT2D eigenvalue weighted by atomic mass is 16.5. The van der Waals surface area contributed by atoms with Gasteiger partial charge in [-0.3, -0.25) is 4.79 Å². The first-order valence-electron chi connectivity index (χ1n) is 6.32. The predicted molar refractivity (Wildman–Crippen MR) is 69.9 cm³/mol. The number of nitrogens with zero attached hydrogens (tertiary/aromatic N) is 1. The zero-order chi connectivity index (χ0) is 13.1. The van der Waals surface area contributed by atoms with Crippen molar-refractivity contribution >= 4 is 5.91 Å². The predicted octanol–water partition coefficient (Wildman–Crippen LogP) is 0.198. The zero-order valence-electron chi connectivity index (χ0n) is 11.4. The van der Waals surface area contributed by atoms with Gasteiger partial charge in [-0.15, -0.1) is 0 Å². The van der Waals surface area contributed by atoms with Crippen LogP contribution in [0.5, 0.6) is 0 Å². The second-order valence-electron chi connectivity index (χ2n) is 4.35. The summed E-state index contributed by atoms with van der Waals surface area (Å²) in [4.78, 5) is 13.4. The number of hydrogen-bond acceptors (Lipinski definition) is 4. The minimum atomic E-state index is -0.260. The minimum absolute atomic E-state index is 0.208. The molecule has 0 aromatic carbocycles. The SMILES string of the molecule is CCCNC(CCN(C)CCCOC)C(N)=O. The van der Waals surface area contributed by atoms with Gasteiger partial charge in [0.05, 0.1) is 6.04 Å². The van der Waals surface area contributed by atoms with Crippen molar-refractivity contribution in [2.24, 2.45) is 5.73 Å². The van der Waals surface area contributed by atoms with Crippen LogP contribution in [-0.4, -0.2) is 57.2 Å². The van der Waals surface area contributed by atoms with Crippen LogP contribution in [0.3, 0.4) is 0 Å². The average molecular weight is 245 g/mol. The number of ether oxygens (including phenoxy) is 1. The highest BCUT2D eigenvalue weighted by Gasteiger charge is 2.14. The number of carbonyl (C=O) groups excluding carboxylic acids is 1. The van der Waals surface area contributed by atoms with Gasteiger partial charge in [0.25, 0.3) is 0 Å². The Kier molecular flexibility index (Phi) is 10.1. The van der Waals surface area contributed by atoms with Crippen LogP contribution in [0.2, 0.25) is 0 Å². The van der Waals surface area contributed by atoms with E-state index in [1.807, 2.05) is 7.05 Å². The lowest BCUT2D eigenvalue weighted by Crippen LogP contribution is -2.43. The van der Waals surface area contributed by atoms with Crippen molar-refractivity contribution in [1.29, 1.82) is 0 Å². The number of carbonyl (C=O) groups is 1. The van der Waals surface area contributed by atoms with E-state index in [0.29, 0.717) is 0 Å². The summed E-state index contributed by atoms with van der Waals surface area (Å²) in [6, 6.07) is -0.208. The highest BCUT2D eigenvalue weighted by Crippen LogP contribution is 1.96. The fraction of sp³-hybridized carbons (Fsp3) is 0.917. The number of primary amides is 1. The molecule has 0 rings (SSSR count). The minimum Gasteiger partial charge on any atom is -0.385 e. The molecule has 0 spiro atoms. The first kappa shape index (κ1) is 16.4. The maximum atomic E-state index is 11.2. The summed E-state index contributed by atoms with van der Waals surface area (Å²) in [6.07, 6.45) is 2.78. The molecule has 0 radical (unpaired) electrons. The molecule has 102 valence electrons. The Bertz CT molecular complexity index is 200. The third kappa shape index (κ3) is 9.09. The van der Waals surface area contributed by atoms with Crippen LogP contribution in [0.15, 0.2) is 0 Å². The van der Waals surface area contributed by atoms with Crippen LogP contribution < -0.4 is 11.1 Å². The quantitative estimate of drug-likeness (QED) is 0.510. The van der Waals surface area contributed by atoms with Crippen molar-refractivity contribution < 1.29 is 9.53 Å². The molecular weight excluding hydrogens is 218 g/mol. The standard InChI is InChI=1S/C12H27N3O2/c1-4-7-14-11(12(13)16)6-9-15(2)8-5-10-17-3/h11,14H,4-10H2,1-3H3,(H2,13,16). The Morgan fingerprint density at radius 1 is 1.47 bits per heavy atom. The molecule has 0 heterocycles. The van der Waals surface area contributed by atoms with Crippen molar-refractivity contribution in [2.45, 2.75) is 32.2 Å². The van der Waals surface area contributed by atoms with Gasteiger partial charge in [0.1, 0.15) is 0 Å². The maximum absolute atomic E-state index is 11.2. The van der Waals surface area contributed by atoms with E-state index >= 15 is 0 Å². The maximum Gasteiger partial charge on any atom is 0.234 e. The summed E-state index contributed by atoms with van der Waals surface area (Å²) in [6.45, 7) is 5.53. The molecular formula is C12H27N3O2. The average Bonchev–Trinajstić information content (AvgIpc) is 2.29. The third-order valence-corrected chi connectivity index (χ3v) is 2.67. The summed E-state index contributed by atoms with van der Waals surface area (Å²) >= 11 is 0. The smallest absolute Gasteiger partial charge is 0.234 e. The van der Waals surface area contributed by atoms with Gasteiger partial charge in [0.15, 0.2) is 0 Å². The Morgan fingerprint density at radius 2 is 2.18 bits per heavy atom. The fourth-order valence-corrected chi connectivity index (χ4v) is 1.60. The van der Waals surface area contributed by atoms with E-state index in [1.165, 1.54) is 0 Å². The molecule has 5 heteroatoms. The lowest BCUT2D eigenvalue weighted by Gasteiger charge is -2.20. The Morgan fingerprint density at radius 3 is 2.71 bits per heavy atom. The Balaban J connectivity index is 3.74. The normalized spacial score (nSPS) is 12.9. The van der Waals surface area contributed by atoms with Crippen LogP contribution in [0.4, 0.5) is 0 Å². The van der Waals surface area contributed by atoms with Crippen LogP contribution in [0.25, 0.3) is 0 Å². The second kappa shape index (κ2) is 10.5. The van der Waals surface area contributed by atoms with Gasteiger partial charge in [-0.2, -0.15) is 0 Å². The lowest BCUT2D eigenvalue weighted by atomic mass is 10.2. The van der Waals surface area contributed by atoms with Gasteiger partial charge in [-0.25, -0.2) is 0 Å². The van der Waals surface area contributed by atoms with E-state index < -0.39 is 0 Å². The molecule has 1 atom stereocenters. The second-order valence-corrected chi connectivity index (χ2v) is 4.35. The summed E-state index contributed by atoms with van der Waals surface area (Å²) in [7, 11) is 3.76. The topological polar surface area (TPSA) is 67.6 Å². The van der Waals surface area contributed by atoms with Crippen molar-refractivity contribution in [3.8, 4) is 0 Å². The fourth-order valence-electron chi connectivity index (χ4n) is 1.60. The van der Waals surface area contributed by atoms with E-state index in [9.17, 15) is 4.79 Å². The Labute approximate surface area is 105 Å². The molecule has 1 unspecified atom stereocenters. The molecule has 0 aliphatic carbocycles. The van der Waals surface area contributed by atoms with Gasteiger partial charge in [-0.1, -0.05) is 6.92 Å². The molecule has 3 N–H and O–H groups in total. The van der Waals surface area contributed by atoms with Crippen molar-refractivity contribution in [1.82, 2.24) is 10.2 Å². The third-order valence-electron chi connectivity index (χ3n) is 2.67. The number of nitrogens with one attached hydrogen (secondary N) is 1. The molecule has 1 amide bonds. The van der Waals surface area contributed by atoms with Crippen LogP contribution >= 0.6 is 0 Å². The first-order chi connectivity index (χ1) is 8.11. The molecule has 0 bridgehead atoms.